The first-order chi connectivity index (χ1) is 11.5. The molecule has 0 spiro atoms. The van der Waals surface area contributed by atoms with Crippen molar-refractivity contribution >= 4 is 26.9 Å². The Labute approximate surface area is 141 Å². The molecule has 0 unspecified atom stereocenters. The summed E-state index contributed by atoms with van der Waals surface area (Å²) in [5.41, 5.74) is 1.26. The molecule has 1 aromatic heterocycles. The smallest absolute Gasteiger partial charge is 0.257 e. The van der Waals surface area contributed by atoms with Gasteiger partial charge in [-0.05, 0) is 25.3 Å². The molecule has 0 radical (unpaired) electrons. The Hall–Kier alpha value is -1.86. The molecule has 0 aliphatic carbocycles. The van der Waals surface area contributed by atoms with E-state index in [9.17, 15) is 13.2 Å². The van der Waals surface area contributed by atoms with Gasteiger partial charge in [0.25, 0.3) is 5.91 Å². The number of hydrogen-bond acceptors (Lipinski definition) is 4. The molecule has 130 valence electrons. The predicted octanol–water partition coefficient (Wildman–Crippen LogP) is 2.37. The lowest BCUT2D eigenvalue weighted by atomic mass is 10.0. The van der Waals surface area contributed by atoms with Crippen LogP contribution in [0.4, 0.5) is 0 Å². The lowest BCUT2D eigenvalue weighted by molar-refractivity contribution is 0.0712. The van der Waals surface area contributed by atoms with Gasteiger partial charge in [-0.1, -0.05) is 25.1 Å². The van der Waals surface area contributed by atoms with E-state index in [1.54, 1.807) is 4.90 Å². The first kappa shape index (κ1) is 17.0. The molecule has 1 aliphatic heterocycles. The molecule has 1 aromatic carbocycles. The molecule has 6 nitrogen and oxygen atoms in total. The van der Waals surface area contributed by atoms with E-state index in [-0.39, 0.29) is 17.7 Å². The first-order valence-electron chi connectivity index (χ1n) is 8.25. The van der Waals surface area contributed by atoms with Crippen LogP contribution >= 0.6 is 0 Å². The number of fused-ring (bicyclic) bond motifs is 1. The third-order valence-corrected chi connectivity index (χ3v) is 5.95. The van der Waals surface area contributed by atoms with Crippen LogP contribution in [0.25, 0.3) is 11.0 Å². The number of hydrogen-bond donors (Lipinski definition) is 1. The highest BCUT2D eigenvalue weighted by molar-refractivity contribution is 7.89. The van der Waals surface area contributed by atoms with Crippen molar-refractivity contribution in [3.8, 4) is 0 Å². The first-order valence-corrected chi connectivity index (χ1v) is 9.91. The number of nitrogens with zero attached hydrogens (tertiary/aromatic N) is 1. The van der Waals surface area contributed by atoms with Crippen LogP contribution in [0.1, 0.15) is 36.5 Å². The highest BCUT2D eigenvalue weighted by Crippen LogP contribution is 2.23. The van der Waals surface area contributed by atoms with Gasteiger partial charge < -0.3 is 9.32 Å². The van der Waals surface area contributed by atoms with Crippen LogP contribution in [0.2, 0.25) is 0 Å². The second-order valence-electron chi connectivity index (χ2n) is 6.15. The minimum Gasteiger partial charge on any atom is -0.463 e. The molecule has 0 atom stereocenters. The number of nitrogens with one attached hydrogen (secondary N) is 1. The third-order valence-electron chi connectivity index (χ3n) is 4.31. The van der Waals surface area contributed by atoms with Gasteiger partial charge in [-0.15, -0.1) is 0 Å². The largest absolute Gasteiger partial charge is 0.463 e. The van der Waals surface area contributed by atoms with Crippen molar-refractivity contribution in [1.29, 1.82) is 0 Å². The molecule has 24 heavy (non-hydrogen) atoms. The minimum absolute atomic E-state index is 0.0604. The zero-order valence-electron chi connectivity index (χ0n) is 13.7. The van der Waals surface area contributed by atoms with Crippen molar-refractivity contribution in [1.82, 2.24) is 9.62 Å². The number of benzene rings is 1. The number of sulfonamides is 1. The Balaban J connectivity index is 1.63. The Bertz CT molecular complexity index is 820. The Morgan fingerprint density at radius 3 is 2.71 bits per heavy atom. The van der Waals surface area contributed by atoms with Gasteiger partial charge in [-0.3, -0.25) is 4.79 Å². The van der Waals surface area contributed by atoms with E-state index in [0.29, 0.717) is 43.5 Å². The average molecular weight is 350 g/mol. The van der Waals surface area contributed by atoms with Gasteiger partial charge in [0, 0.05) is 24.5 Å². The predicted molar refractivity (Wildman–Crippen MR) is 92.4 cm³/mol. The topological polar surface area (TPSA) is 79.6 Å². The lowest BCUT2D eigenvalue weighted by Gasteiger charge is -2.32. The molecule has 1 saturated heterocycles. The molecule has 3 rings (SSSR count). The number of rotatable bonds is 5. The fourth-order valence-corrected chi connectivity index (χ4v) is 4.49. The average Bonchev–Trinajstić information content (AvgIpc) is 2.98. The highest BCUT2D eigenvalue weighted by atomic mass is 32.2. The Morgan fingerprint density at radius 2 is 2.00 bits per heavy atom. The van der Waals surface area contributed by atoms with Crippen LogP contribution in [0.15, 0.2) is 34.9 Å². The van der Waals surface area contributed by atoms with Crippen LogP contribution in [0.3, 0.4) is 0 Å². The number of carbonyl (C=O) groups excluding carboxylic acids is 1. The molecule has 1 N–H and O–H groups in total. The van der Waals surface area contributed by atoms with Gasteiger partial charge in [0.05, 0.1) is 11.3 Å². The summed E-state index contributed by atoms with van der Waals surface area (Å²) in [5, 5.41) is 0.813. The van der Waals surface area contributed by atoms with Gasteiger partial charge in [0.1, 0.15) is 11.8 Å². The van der Waals surface area contributed by atoms with Crippen molar-refractivity contribution in [3.05, 3.63) is 36.1 Å². The molecular weight excluding hydrogens is 328 g/mol. The Kier molecular flexibility index (Phi) is 4.91. The van der Waals surface area contributed by atoms with Crippen LogP contribution in [0.5, 0.6) is 0 Å². The number of piperidine rings is 1. The van der Waals surface area contributed by atoms with Crippen LogP contribution in [-0.2, 0) is 10.0 Å². The van der Waals surface area contributed by atoms with E-state index in [2.05, 4.69) is 4.72 Å². The molecule has 1 amide bonds. The summed E-state index contributed by atoms with van der Waals surface area (Å²) in [4.78, 5) is 14.5. The molecule has 2 heterocycles. The van der Waals surface area contributed by atoms with E-state index in [4.69, 9.17) is 4.42 Å². The zero-order chi connectivity index (χ0) is 17.2. The van der Waals surface area contributed by atoms with E-state index in [0.717, 1.165) is 5.39 Å². The van der Waals surface area contributed by atoms with Crippen molar-refractivity contribution in [2.24, 2.45) is 0 Å². The minimum atomic E-state index is -3.21. The molecule has 0 bridgehead atoms. The summed E-state index contributed by atoms with van der Waals surface area (Å²) in [5.74, 6) is 0.0856. The quantitative estimate of drug-likeness (QED) is 0.898. The van der Waals surface area contributed by atoms with Crippen LogP contribution in [-0.4, -0.2) is 44.1 Å². The number of furan rings is 1. The molecule has 2 aromatic rings. The van der Waals surface area contributed by atoms with Crippen molar-refractivity contribution in [2.45, 2.75) is 32.2 Å². The maximum atomic E-state index is 12.7. The fraction of sp³-hybridized carbons (Fsp3) is 0.471. The van der Waals surface area contributed by atoms with E-state index in [1.165, 1.54) is 6.26 Å². The molecule has 1 fully saturated rings. The zero-order valence-corrected chi connectivity index (χ0v) is 14.5. The van der Waals surface area contributed by atoms with Crippen LogP contribution < -0.4 is 4.72 Å². The van der Waals surface area contributed by atoms with Crippen molar-refractivity contribution in [2.75, 3.05) is 18.8 Å². The molecule has 0 saturated carbocycles. The number of likely N-dealkylation sites (tertiary alicyclic amines) is 1. The standard InChI is InChI=1S/C17H22N2O4S/c1-2-11-24(21,22)18-13-7-9-19(10-8-13)17(20)15-12-23-16-6-4-3-5-14(15)16/h3-6,12-13,18H,2,7-11H2,1H3. The molecule has 1 aliphatic rings. The summed E-state index contributed by atoms with van der Waals surface area (Å²) in [6, 6.07) is 7.36. The normalized spacial score (nSPS) is 16.6. The van der Waals surface area contributed by atoms with Gasteiger partial charge in [0.2, 0.25) is 10.0 Å². The van der Waals surface area contributed by atoms with Gasteiger partial charge in [-0.2, -0.15) is 0 Å². The second-order valence-corrected chi connectivity index (χ2v) is 8.02. The van der Waals surface area contributed by atoms with E-state index >= 15 is 0 Å². The highest BCUT2D eigenvalue weighted by Gasteiger charge is 2.27. The number of amides is 1. The maximum Gasteiger partial charge on any atom is 0.257 e. The number of para-hydroxylation sites is 1. The second kappa shape index (κ2) is 6.94. The molecule has 7 heteroatoms. The van der Waals surface area contributed by atoms with Gasteiger partial charge in [-0.25, -0.2) is 13.1 Å². The number of carbonyl (C=O) groups is 1. The summed E-state index contributed by atoms with van der Waals surface area (Å²) in [7, 11) is -3.21. The van der Waals surface area contributed by atoms with Gasteiger partial charge in [0.15, 0.2) is 0 Å². The van der Waals surface area contributed by atoms with E-state index < -0.39 is 10.0 Å². The Morgan fingerprint density at radius 1 is 1.29 bits per heavy atom. The summed E-state index contributed by atoms with van der Waals surface area (Å²) < 4.78 is 31.9. The summed E-state index contributed by atoms with van der Waals surface area (Å²) in [6.07, 6.45) is 3.36. The third kappa shape index (κ3) is 3.62. The SMILES string of the molecule is CCCS(=O)(=O)NC1CCN(C(=O)c2coc3ccccc23)CC1. The lowest BCUT2D eigenvalue weighted by Crippen LogP contribution is -2.46. The molecular formula is C17H22N2O4S. The summed E-state index contributed by atoms with van der Waals surface area (Å²) in [6.45, 7) is 2.92. The monoisotopic (exact) mass is 350 g/mol. The van der Waals surface area contributed by atoms with Gasteiger partial charge >= 0.3 is 0 Å². The van der Waals surface area contributed by atoms with Crippen molar-refractivity contribution in [3.63, 3.8) is 0 Å². The maximum absolute atomic E-state index is 12.7. The fourth-order valence-electron chi connectivity index (χ4n) is 3.10. The summed E-state index contributed by atoms with van der Waals surface area (Å²) >= 11 is 0. The van der Waals surface area contributed by atoms with Crippen molar-refractivity contribution < 1.29 is 17.6 Å². The van der Waals surface area contributed by atoms with Crippen LogP contribution in [0, 0.1) is 0 Å². The van der Waals surface area contributed by atoms with E-state index in [1.807, 2.05) is 31.2 Å².